The van der Waals surface area contributed by atoms with Crippen LogP contribution in [0.2, 0.25) is 0 Å². The van der Waals surface area contributed by atoms with E-state index in [9.17, 15) is 9.59 Å². The van der Waals surface area contributed by atoms with E-state index >= 15 is 0 Å². The van der Waals surface area contributed by atoms with Gasteiger partial charge < -0.3 is 15.7 Å². The molecule has 3 N–H and O–H groups in total. The third-order valence-electron chi connectivity index (χ3n) is 2.71. The molecule has 0 radical (unpaired) electrons. The van der Waals surface area contributed by atoms with Crippen LogP contribution in [-0.2, 0) is 11.2 Å². The summed E-state index contributed by atoms with van der Waals surface area (Å²) in [7, 11) is 0. The predicted molar refractivity (Wildman–Crippen MR) is 83.6 cm³/mol. The minimum atomic E-state index is -1.00. The van der Waals surface area contributed by atoms with Crippen molar-refractivity contribution in [3.8, 4) is 0 Å². The highest BCUT2D eigenvalue weighted by Crippen LogP contribution is 2.08. The maximum Gasteiger partial charge on any atom is 0.326 e. The van der Waals surface area contributed by atoms with E-state index < -0.39 is 18.0 Å². The number of carbonyl (C=O) groups excluding carboxylic acids is 1. The monoisotopic (exact) mass is 316 g/mol. The first-order valence-corrected chi connectivity index (χ1v) is 8.66. The number of hydrogen-bond donors (Lipinski definition) is 3. The summed E-state index contributed by atoms with van der Waals surface area (Å²) >= 11 is 3.17. The summed E-state index contributed by atoms with van der Waals surface area (Å²) in [4.78, 5) is 22.8. The summed E-state index contributed by atoms with van der Waals surface area (Å²) in [5.41, 5.74) is 1.17. The molecule has 2 amide bonds. The van der Waals surface area contributed by atoms with Crippen molar-refractivity contribution >= 4 is 35.1 Å². The molecule has 1 aromatic rings. The quantitative estimate of drug-likeness (QED) is 0.687. The van der Waals surface area contributed by atoms with Crippen molar-refractivity contribution < 1.29 is 14.7 Å². The third kappa shape index (κ3) is 6.29. The Morgan fingerprint density at radius 2 is 2.20 bits per heavy atom. The van der Waals surface area contributed by atoms with Gasteiger partial charge in [0, 0.05) is 6.04 Å². The van der Waals surface area contributed by atoms with E-state index in [0.717, 1.165) is 6.42 Å². The van der Waals surface area contributed by atoms with Gasteiger partial charge in [0.25, 0.3) is 0 Å². The Bertz CT molecular complexity index is 423. The molecular formula is C13H20N2O3S2. The molecule has 0 aliphatic carbocycles. The second kappa shape index (κ2) is 8.86. The number of rotatable bonds is 8. The topological polar surface area (TPSA) is 78.4 Å². The highest BCUT2D eigenvalue weighted by molar-refractivity contribution is 7.98. The molecule has 0 saturated heterocycles. The van der Waals surface area contributed by atoms with Crippen molar-refractivity contribution in [1.29, 1.82) is 0 Å². The zero-order chi connectivity index (χ0) is 15.0. The van der Waals surface area contributed by atoms with Crippen LogP contribution in [0.3, 0.4) is 0 Å². The fourth-order valence-electron chi connectivity index (χ4n) is 1.73. The van der Waals surface area contributed by atoms with Crippen LogP contribution in [0.25, 0.3) is 0 Å². The number of nitrogens with one attached hydrogen (secondary N) is 2. The largest absolute Gasteiger partial charge is 0.480 e. The Hall–Kier alpha value is -1.21. The molecular weight excluding hydrogens is 296 g/mol. The predicted octanol–water partition coefficient (Wildman–Crippen LogP) is 2.18. The van der Waals surface area contributed by atoms with Gasteiger partial charge in [0.1, 0.15) is 6.04 Å². The maximum atomic E-state index is 11.8. The number of thioether (sulfide) groups is 1. The molecule has 0 saturated carbocycles. The summed E-state index contributed by atoms with van der Waals surface area (Å²) in [5, 5.41) is 18.3. The number of urea groups is 1. The Morgan fingerprint density at radius 3 is 2.75 bits per heavy atom. The Balaban J connectivity index is 2.38. The van der Waals surface area contributed by atoms with Crippen molar-refractivity contribution in [2.24, 2.45) is 0 Å². The van der Waals surface area contributed by atoms with E-state index in [4.69, 9.17) is 5.11 Å². The lowest BCUT2D eigenvalue weighted by Crippen LogP contribution is -2.49. The molecule has 1 heterocycles. The van der Waals surface area contributed by atoms with Gasteiger partial charge in [-0.1, -0.05) is 0 Å². The van der Waals surface area contributed by atoms with Gasteiger partial charge in [-0.15, -0.1) is 0 Å². The molecule has 0 aliphatic heterocycles. The highest BCUT2D eigenvalue weighted by atomic mass is 32.2. The lowest BCUT2D eigenvalue weighted by atomic mass is 10.1. The minimum Gasteiger partial charge on any atom is -0.480 e. The summed E-state index contributed by atoms with van der Waals surface area (Å²) < 4.78 is 0. The molecule has 2 atom stereocenters. The Labute approximate surface area is 127 Å². The fourth-order valence-corrected chi connectivity index (χ4v) is 2.88. The maximum absolute atomic E-state index is 11.8. The van der Waals surface area contributed by atoms with Gasteiger partial charge in [0.15, 0.2) is 0 Å². The molecule has 0 aliphatic rings. The van der Waals surface area contributed by atoms with Crippen LogP contribution < -0.4 is 10.6 Å². The van der Waals surface area contributed by atoms with Gasteiger partial charge in [-0.3, -0.25) is 0 Å². The van der Waals surface area contributed by atoms with E-state index in [0.29, 0.717) is 12.2 Å². The van der Waals surface area contributed by atoms with Crippen molar-refractivity contribution in [3.05, 3.63) is 22.4 Å². The van der Waals surface area contributed by atoms with Crippen LogP contribution >= 0.6 is 23.1 Å². The van der Waals surface area contributed by atoms with Crippen LogP contribution in [0, 0.1) is 0 Å². The molecule has 20 heavy (non-hydrogen) atoms. The molecule has 0 bridgehead atoms. The molecule has 1 rings (SSSR count). The van der Waals surface area contributed by atoms with Crippen molar-refractivity contribution in [1.82, 2.24) is 10.6 Å². The van der Waals surface area contributed by atoms with E-state index in [2.05, 4.69) is 10.6 Å². The molecule has 112 valence electrons. The van der Waals surface area contributed by atoms with Crippen LogP contribution in [0.15, 0.2) is 16.8 Å². The van der Waals surface area contributed by atoms with Crippen LogP contribution in [0.5, 0.6) is 0 Å². The first-order chi connectivity index (χ1) is 9.52. The number of amides is 2. The van der Waals surface area contributed by atoms with Crippen molar-refractivity contribution in [2.75, 3.05) is 12.0 Å². The third-order valence-corrected chi connectivity index (χ3v) is 4.09. The zero-order valence-electron chi connectivity index (χ0n) is 11.6. The van der Waals surface area contributed by atoms with Gasteiger partial charge in [-0.2, -0.15) is 23.1 Å². The van der Waals surface area contributed by atoms with E-state index in [-0.39, 0.29) is 6.04 Å². The number of thiophene rings is 1. The molecule has 0 spiro atoms. The average Bonchev–Trinajstić information content (AvgIpc) is 2.86. The molecule has 7 heteroatoms. The van der Waals surface area contributed by atoms with Crippen molar-refractivity contribution in [2.45, 2.75) is 31.8 Å². The lowest BCUT2D eigenvalue weighted by molar-refractivity contribution is -0.139. The van der Waals surface area contributed by atoms with Gasteiger partial charge in [-0.25, -0.2) is 9.59 Å². The van der Waals surface area contributed by atoms with E-state index in [1.165, 1.54) is 5.56 Å². The highest BCUT2D eigenvalue weighted by Gasteiger charge is 2.20. The zero-order valence-corrected chi connectivity index (χ0v) is 13.2. The summed E-state index contributed by atoms with van der Waals surface area (Å²) in [5.74, 6) is -0.304. The summed E-state index contributed by atoms with van der Waals surface area (Å²) in [6.07, 6.45) is 3.06. The molecule has 1 unspecified atom stereocenters. The SMILES string of the molecule is CSCC[C@@H](NC(=O)NC(C)Cc1ccsc1)C(=O)O. The number of carboxylic acid groups (broad SMARTS) is 1. The van der Waals surface area contributed by atoms with E-state index in [1.807, 2.05) is 30.0 Å². The summed E-state index contributed by atoms with van der Waals surface area (Å²) in [6.45, 7) is 1.90. The Kier molecular flexibility index (Phi) is 7.46. The second-order valence-electron chi connectivity index (χ2n) is 4.53. The smallest absolute Gasteiger partial charge is 0.326 e. The second-order valence-corrected chi connectivity index (χ2v) is 6.29. The number of hydrogen-bond acceptors (Lipinski definition) is 4. The standard InChI is InChI=1S/C13H20N2O3S2/c1-9(7-10-3-6-20-8-10)14-13(18)15-11(12(16)17)4-5-19-2/h3,6,8-9,11H,4-5,7H2,1-2H3,(H,16,17)(H2,14,15,18)/t9?,11-/m1/s1. The average molecular weight is 316 g/mol. The first kappa shape index (κ1) is 16.8. The minimum absolute atomic E-state index is 0.0420. The number of aliphatic carboxylic acids is 1. The Morgan fingerprint density at radius 1 is 1.45 bits per heavy atom. The van der Waals surface area contributed by atoms with Crippen LogP contribution in [0.4, 0.5) is 4.79 Å². The van der Waals surface area contributed by atoms with E-state index in [1.54, 1.807) is 23.1 Å². The molecule has 0 aromatic carbocycles. The van der Waals surface area contributed by atoms with Crippen LogP contribution in [0.1, 0.15) is 18.9 Å². The normalized spacial score (nSPS) is 13.5. The number of carboxylic acids is 1. The molecule has 5 nitrogen and oxygen atoms in total. The molecule has 0 fully saturated rings. The number of carbonyl (C=O) groups is 2. The summed E-state index contributed by atoms with van der Waals surface area (Å²) in [6, 6.07) is 0.704. The molecule has 1 aromatic heterocycles. The van der Waals surface area contributed by atoms with Gasteiger partial charge in [0.05, 0.1) is 0 Å². The van der Waals surface area contributed by atoms with Gasteiger partial charge in [0.2, 0.25) is 0 Å². The first-order valence-electron chi connectivity index (χ1n) is 6.32. The fraction of sp³-hybridized carbons (Fsp3) is 0.538. The van der Waals surface area contributed by atoms with Crippen LogP contribution in [-0.4, -0.2) is 41.2 Å². The lowest BCUT2D eigenvalue weighted by Gasteiger charge is -2.18. The van der Waals surface area contributed by atoms with Crippen molar-refractivity contribution in [3.63, 3.8) is 0 Å². The van der Waals surface area contributed by atoms with Gasteiger partial charge in [-0.05, 0) is 54.2 Å². The van der Waals surface area contributed by atoms with Gasteiger partial charge >= 0.3 is 12.0 Å².